The number of pyridine rings is 1. The molecule has 28 heavy (non-hydrogen) atoms. The molecule has 5 nitrogen and oxygen atoms in total. The standard InChI is InChI=1S/C22H31N3O2.ClH/c1-27-22(17-5-6-24-20(10-17)21(23)26)18-3-2-4-19(22)13-25(12-18)11-14-7-15-9-16(15)8-14;/h5-6,10,14-16,18-19H,2-4,7-9,11-13H2,1H3,(H2,23,26);1H/t14?,15?,16?,18-,19+,22?;. The first kappa shape index (κ1) is 20.1. The summed E-state index contributed by atoms with van der Waals surface area (Å²) in [6.45, 7) is 3.47. The molecule has 4 aliphatic rings. The third kappa shape index (κ3) is 3.25. The van der Waals surface area contributed by atoms with Gasteiger partial charge in [0.1, 0.15) is 11.3 Å². The highest BCUT2D eigenvalue weighted by Gasteiger charge is 2.54. The number of nitrogens with zero attached hydrogens (tertiary/aromatic N) is 2. The van der Waals surface area contributed by atoms with Gasteiger partial charge in [-0.15, -0.1) is 12.4 Å². The van der Waals surface area contributed by atoms with Crippen LogP contribution in [0.5, 0.6) is 0 Å². The molecular formula is C22H32ClN3O2. The summed E-state index contributed by atoms with van der Waals surface area (Å²) in [5.41, 5.74) is 6.61. The zero-order chi connectivity index (χ0) is 18.6. The fourth-order valence-electron chi connectivity index (χ4n) is 6.76. The number of fused-ring (bicyclic) bond motifs is 3. The number of piperidine rings is 1. The van der Waals surface area contributed by atoms with Crippen LogP contribution in [0.2, 0.25) is 0 Å². The Kier molecular flexibility index (Phi) is 5.45. The zero-order valence-corrected chi connectivity index (χ0v) is 17.5. The van der Waals surface area contributed by atoms with Gasteiger partial charge >= 0.3 is 0 Å². The fraction of sp³-hybridized carbons (Fsp3) is 0.727. The molecule has 2 N–H and O–H groups in total. The summed E-state index contributed by atoms with van der Waals surface area (Å²) in [6.07, 6.45) is 9.77. The van der Waals surface area contributed by atoms with E-state index in [1.807, 2.05) is 19.2 Å². The molecule has 1 amide bonds. The highest BCUT2D eigenvalue weighted by Crippen LogP contribution is 2.55. The molecule has 2 bridgehead atoms. The van der Waals surface area contributed by atoms with Crippen molar-refractivity contribution in [3.63, 3.8) is 0 Å². The molecule has 154 valence electrons. The lowest BCUT2D eigenvalue weighted by atomic mass is 9.62. The van der Waals surface area contributed by atoms with Crippen molar-refractivity contribution < 1.29 is 9.53 Å². The highest BCUT2D eigenvalue weighted by molar-refractivity contribution is 5.90. The van der Waals surface area contributed by atoms with Crippen molar-refractivity contribution in [2.45, 2.75) is 44.1 Å². The molecule has 2 heterocycles. The molecule has 0 aromatic carbocycles. The third-order valence-electron chi connectivity index (χ3n) is 7.93. The van der Waals surface area contributed by atoms with Crippen molar-refractivity contribution in [2.24, 2.45) is 35.3 Å². The summed E-state index contributed by atoms with van der Waals surface area (Å²) in [6, 6.07) is 3.90. The first-order valence-corrected chi connectivity index (χ1v) is 10.6. The Hall–Kier alpha value is -1.17. The van der Waals surface area contributed by atoms with Crippen LogP contribution < -0.4 is 5.73 Å². The van der Waals surface area contributed by atoms with Crippen molar-refractivity contribution in [3.8, 4) is 0 Å². The van der Waals surface area contributed by atoms with Crippen LogP contribution in [0.3, 0.4) is 0 Å². The van der Waals surface area contributed by atoms with Gasteiger partial charge in [0.25, 0.3) is 5.91 Å². The molecule has 1 aromatic rings. The maximum Gasteiger partial charge on any atom is 0.267 e. The molecule has 3 unspecified atom stereocenters. The second kappa shape index (κ2) is 7.58. The van der Waals surface area contributed by atoms with E-state index < -0.39 is 5.91 Å². The van der Waals surface area contributed by atoms with Gasteiger partial charge in [0.05, 0.1) is 0 Å². The van der Waals surface area contributed by atoms with Gasteiger partial charge in [0.2, 0.25) is 0 Å². The second-order valence-corrected chi connectivity index (χ2v) is 9.43. The molecule has 1 aromatic heterocycles. The molecule has 6 heteroatoms. The van der Waals surface area contributed by atoms with Crippen LogP contribution in [0.15, 0.2) is 18.3 Å². The number of primary amides is 1. The van der Waals surface area contributed by atoms with E-state index in [0.717, 1.165) is 36.4 Å². The van der Waals surface area contributed by atoms with Gasteiger partial charge in [-0.3, -0.25) is 9.78 Å². The first-order valence-electron chi connectivity index (χ1n) is 10.6. The van der Waals surface area contributed by atoms with Gasteiger partial charge in [-0.2, -0.15) is 0 Å². The number of carbonyl (C=O) groups is 1. The van der Waals surface area contributed by atoms with Gasteiger partial charge in [-0.05, 0) is 67.6 Å². The molecule has 1 aliphatic heterocycles. The van der Waals surface area contributed by atoms with Crippen molar-refractivity contribution in [2.75, 3.05) is 26.7 Å². The van der Waals surface area contributed by atoms with E-state index in [-0.39, 0.29) is 18.0 Å². The maximum absolute atomic E-state index is 11.7. The van der Waals surface area contributed by atoms with Crippen LogP contribution in [-0.4, -0.2) is 42.5 Å². The number of aromatic nitrogens is 1. The Bertz CT molecular complexity index is 718. The van der Waals surface area contributed by atoms with Gasteiger partial charge in [-0.1, -0.05) is 6.42 Å². The summed E-state index contributed by atoms with van der Waals surface area (Å²) in [5, 5.41) is 0. The average Bonchev–Trinajstić information content (AvgIpc) is 3.27. The van der Waals surface area contributed by atoms with Gasteiger partial charge in [0, 0.05) is 44.8 Å². The molecule has 0 spiro atoms. The van der Waals surface area contributed by atoms with E-state index in [4.69, 9.17) is 10.5 Å². The lowest BCUT2D eigenvalue weighted by Gasteiger charge is -2.55. The summed E-state index contributed by atoms with van der Waals surface area (Å²) in [5.74, 6) is 3.49. The number of methoxy groups -OCH3 is 1. The normalized spacial score (nSPS) is 39.1. The summed E-state index contributed by atoms with van der Waals surface area (Å²) in [4.78, 5) is 18.5. The van der Waals surface area contributed by atoms with E-state index in [1.54, 1.807) is 6.20 Å². The molecule has 5 rings (SSSR count). The molecule has 3 saturated carbocycles. The van der Waals surface area contributed by atoms with Crippen molar-refractivity contribution in [3.05, 3.63) is 29.6 Å². The van der Waals surface area contributed by atoms with Gasteiger partial charge < -0.3 is 15.4 Å². The Morgan fingerprint density at radius 1 is 1.25 bits per heavy atom. The fourth-order valence-corrected chi connectivity index (χ4v) is 6.76. The molecule has 1 saturated heterocycles. The van der Waals surface area contributed by atoms with Crippen LogP contribution in [0.1, 0.15) is 54.6 Å². The minimum Gasteiger partial charge on any atom is -0.373 e. The Morgan fingerprint density at radius 3 is 2.54 bits per heavy atom. The van der Waals surface area contributed by atoms with E-state index in [2.05, 4.69) is 9.88 Å². The van der Waals surface area contributed by atoms with E-state index >= 15 is 0 Å². The van der Waals surface area contributed by atoms with Crippen LogP contribution in [0.25, 0.3) is 0 Å². The number of likely N-dealkylation sites (tertiary alicyclic amines) is 1. The van der Waals surface area contributed by atoms with Crippen LogP contribution in [-0.2, 0) is 10.3 Å². The van der Waals surface area contributed by atoms with E-state index in [0.29, 0.717) is 17.5 Å². The van der Waals surface area contributed by atoms with Crippen molar-refractivity contribution >= 4 is 18.3 Å². The topological polar surface area (TPSA) is 68.5 Å². The minimum absolute atomic E-state index is 0. The summed E-state index contributed by atoms with van der Waals surface area (Å²) >= 11 is 0. The maximum atomic E-state index is 11.7. The Morgan fingerprint density at radius 2 is 1.93 bits per heavy atom. The zero-order valence-electron chi connectivity index (χ0n) is 16.7. The number of ether oxygens (including phenoxy) is 1. The van der Waals surface area contributed by atoms with E-state index in [9.17, 15) is 4.79 Å². The monoisotopic (exact) mass is 405 g/mol. The number of halogens is 1. The number of nitrogens with two attached hydrogens (primary N) is 1. The quantitative estimate of drug-likeness (QED) is 0.816. The minimum atomic E-state index is -0.467. The summed E-state index contributed by atoms with van der Waals surface area (Å²) < 4.78 is 6.30. The van der Waals surface area contributed by atoms with Crippen molar-refractivity contribution in [1.82, 2.24) is 9.88 Å². The van der Waals surface area contributed by atoms with E-state index in [1.165, 1.54) is 45.1 Å². The predicted molar refractivity (Wildman–Crippen MR) is 110 cm³/mol. The van der Waals surface area contributed by atoms with Crippen LogP contribution in [0.4, 0.5) is 0 Å². The number of hydrogen-bond donors (Lipinski definition) is 1. The number of rotatable bonds is 5. The Balaban J connectivity index is 0.00000192. The number of amides is 1. The third-order valence-corrected chi connectivity index (χ3v) is 7.93. The number of carbonyl (C=O) groups excluding carboxylic acids is 1. The smallest absolute Gasteiger partial charge is 0.267 e. The predicted octanol–water partition coefficient (Wildman–Crippen LogP) is 3.22. The molecule has 3 aliphatic carbocycles. The highest BCUT2D eigenvalue weighted by atomic mass is 35.5. The molecule has 0 radical (unpaired) electrons. The van der Waals surface area contributed by atoms with Crippen LogP contribution in [0, 0.1) is 29.6 Å². The molecular weight excluding hydrogens is 374 g/mol. The Labute approximate surface area is 173 Å². The SMILES string of the molecule is COC1(c2ccnc(C(N)=O)c2)[C@@H]2CCC[C@H]1CN(CC1CC3CC3C1)C2.Cl. The van der Waals surface area contributed by atoms with Crippen LogP contribution >= 0.6 is 12.4 Å². The average molecular weight is 406 g/mol. The van der Waals surface area contributed by atoms with Crippen molar-refractivity contribution in [1.29, 1.82) is 0 Å². The molecule has 4 fully saturated rings. The summed E-state index contributed by atoms with van der Waals surface area (Å²) in [7, 11) is 1.84. The number of hydrogen-bond acceptors (Lipinski definition) is 4. The van der Waals surface area contributed by atoms with Gasteiger partial charge in [0.15, 0.2) is 0 Å². The first-order chi connectivity index (χ1) is 13.1. The largest absolute Gasteiger partial charge is 0.373 e. The molecule has 5 atom stereocenters. The lowest BCUT2D eigenvalue weighted by Crippen LogP contribution is -2.59. The lowest BCUT2D eigenvalue weighted by molar-refractivity contribution is -0.170. The van der Waals surface area contributed by atoms with Gasteiger partial charge in [-0.25, -0.2) is 0 Å². The second-order valence-electron chi connectivity index (χ2n) is 9.43.